The maximum atomic E-state index is 11.8. The lowest BCUT2D eigenvalue weighted by Crippen LogP contribution is -2.36. The number of morpholine rings is 1. The van der Waals surface area contributed by atoms with Crippen LogP contribution in [-0.4, -0.2) is 38.0 Å². The van der Waals surface area contributed by atoms with Crippen molar-refractivity contribution in [2.75, 3.05) is 31.2 Å². The topological polar surface area (TPSA) is 50.8 Å². The molecule has 1 heterocycles. The quantitative estimate of drug-likeness (QED) is 0.878. The first-order chi connectivity index (χ1) is 12.9. The zero-order valence-corrected chi connectivity index (χ0v) is 16.3. The number of anilines is 1. The summed E-state index contributed by atoms with van der Waals surface area (Å²) in [4.78, 5) is 14.2. The Labute approximate surface area is 161 Å². The molecule has 0 saturated carbocycles. The fraction of sp³-hybridized carbons (Fsp3) is 0.409. The molecule has 27 heavy (non-hydrogen) atoms. The molecule has 5 nitrogen and oxygen atoms in total. The van der Waals surface area contributed by atoms with E-state index in [2.05, 4.69) is 46.6 Å². The number of benzene rings is 2. The minimum absolute atomic E-state index is 0.400. The van der Waals surface area contributed by atoms with Crippen LogP contribution in [0, 0.1) is 0 Å². The van der Waals surface area contributed by atoms with E-state index in [0.717, 1.165) is 43.0 Å². The summed E-state index contributed by atoms with van der Waals surface area (Å²) in [7, 11) is 0. The van der Waals surface area contributed by atoms with E-state index < -0.39 is 11.7 Å². The molecule has 2 aromatic rings. The van der Waals surface area contributed by atoms with Gasteiger partial charge < -0.3 is 19.7 Å². The zero-order valence-electron chi connectivity index (χ0n) is 16.3. The molecule has 0 spiro atoms. The molecule has 0 aliphatic carbocycles. The molecule has 0 radical (unpaired) electrons. The lowest BCUT2D eigenvalue weighted by atomic mass is 10.0. The summed E-state index contributed by atoms with van der Waals surface area (Å²) in [5, 5.41) is 2.81. The lowest BCUT2D eigenvalue weighted by molar-refractivity contribution is 0.0523. The van der Waals surface area contributed by atoms with Crippen molar-refractivity contribution in [2.24, 2.45) is 0 Å². The maximum Gasteiger partial charge on any atom is 0.407 e. The van der Waals surface area contributed by atoms with Gasteiger partial charge in [0.25, 0.3) is 0 Å². The van der Waals surface area contributed by atoms with Crippen LogP contribution < -0.4 is 10.2 Å². The monoisotopic (exact) mass is 368 g/mol. The molecule has 144 valence electrons. The van der Waals surface area contributed by atoms with Crippen molar-refractivity contribution in [3.63, 3.8) is 0 Å². The molecule has 1 aliphatic rings. The predicted octanol–water partition coefficient (Wildman–Crippen LogP) is 4.21. The predicted molar refractivity (Wildman–Crippen MR) is 108 cm³/mol. The van der Waals surface area contributed by atoms with Crippen LogP contribution in [-0.2, 0) is 16.0 Å². The number of carbonyl (C=O) groups excluding carboxylic acids is 1. The van der Waals surface area contributed by atoms with E-state index in [1.54, 1.807) is 0 Å². The minimum Gasteiger partial charge on any atom is -0.444 e. The molecule has 1 fully saturated rings. The number of rotatable bonds is 4. The number of carbonyl (C=O) groups is 1. The number of amides is 1. The number of ether oxygens (including phenoxy) is 2. The molecule has 1 amide bonds. The molecule has 1 saturated heterocycles. The third-order valence-electron chi connectivity index (χ3n) is 4.34. The van der Waals surface area contributed by atoms with E-state index in [9.17, 15) is 4.79 Å². The summed E-state index contributed by atoms with van der Waals surface area (Å²) in [5.41, 5.74) is 4.06. The number of hydrogen-bond donors (Lipinski definition) is 1. The van der Waals surface area contributed by atoms with Crippen LogP contribution in [0.4, 0.5) is 10.5 Å². The van der Waals surface area contributed by atoms with Crippen molar-refractivity contribution < 1.29 is 14.3 Å². The maximum absolute atomic E-state index is 11.8. The Kier molecular flexibility index (Phi) is 6.01. The first kappa shape index (κ1) is 19.2. The highest BCUT2D eigenvalue weighted by molar-refractivity contribution is 5.69. The normalized spacial score (nSPS) is 14.7. The SMILES string of the molecule is CC(C)(C)OC(=O)NCc1cccc(-c2ccc(N3CCOCC3)cc2)c1. The van der Waals surface area contributed by atoms with Gasteiger partial charge in [0.15, 0.2) is 0 Å². The Hall–Kier alpha value is -2.53. The van der Waals surface area contributed by atoms with E-state index in [4.69, 9.17) is 9.47 Å². The Bertz CT molecular complexity index is 760. The van der Waals surface area contributed by atoms with E-state index in [0.29, 0.717) is 6.54 Å². The molecule has 1 N–H and O–H groups in total. The first-order valence-electron chi connectivity index (χ1n) is 9.40. The second-order valence-electron chi connectivity index (χ2n) is 7.70. The summed E-state index contributed by atoms with van der Waals surface area (Å²) in [5.74, 6) is 0. The van der Waals surface area contributed by atoms with Crippen molar-refractivity contribution in [1.82, 2.24) is 5.32 Å². The van der Waals surface area contributed by atoms with Crippen molar-refractivity contribution >= 4 is 11.8 Å². The second kappa shape index (κ2) is 8.44. The van der Waals surface area contributed by atoms with Crippen LogP contribution in [0.5, 0.6) is 0 Å². The zero-order chi connectivity index (χ0) is 19.3. The van der Waals surface area contributed by atoms with Gasteiger partial charge in [-0.25, -0.2) is 4.79 Å². The molecule has 0 aromatic heterocycles. The molecule has 0 unspecified atom stereocenters. The Balaban J connectivity index is 1.63. The van der Waals surface area contributed by atoms with Crippen molar-refractivity contribution in [3.05, 3.63) is 54.1 Å². The molecular formula is C22H28N2O3. The highest BCUT2D eigenvalue weighted by atomic mass is 16.6. The fourth-order valence-corrected chi connectivity index (χ4v) is 3.04. The van der Waals surface area contributed by atoms with Crippen molar-refractivity contribution in [3.8, 4) is 11.1 Å². The minimum atomic E-state index is -0.492. The van der Waals surface area contributed by atoms with Gasteiger partial charge in [0, 0.05) is 25.3 Å². The van der Waals surface area contributed by atoms with Gasteiger partial charge >= 0.3 is 6.09 Å². The van der Waals surface area contributed by atoms with Crippen molar-refractivity contribution in [2.45, 2.75) is 32.9 Å². The summed E-state index contributed by atoms with van der Waals surface area (Å²) in [6, 6.07) is 16.8. The molecule has 2 aromatic carbocycles. The average Bonchev–Trinajstić information content (AvgIpc) is 2.66. The van der Waals surface area contributed by atoms with Crippen LogP contribution in [0.2, 0.25) is 0 Å². The number of nitrogens with one attached hydrogen (secondary N) is 1. The summed E-state index contributed by atoms with van der Waals surface area (Å²) >= 11 is 0. The number of hydrogen-bond acceptors (Lipinski definition) is 4. The number of alkyl carbamates (subject to hydrolysis) is 1. The van der Waals surface area contributed by atoms with Crippen molar-refractivity contribution in [1.29, 1.82) is 0 Å². The largest absolute Gasteiger partial charge is 0.444 e. The Morgan fingerprint density at radius 1 is 1.07 bits per heavy atom. The van der Waals surface area contributed by atoms with Gasteiger partial charge in [-0.05, 0) is 55.7 Å². The van der Waals surface area contributed by atoms with Crippen LogP contribution in [0.15, 0.2) is 48.5 Å². The van der Waals surface area contributed by atoms with Gasteiger partial charge in [-0.3, -0.25) is 0 Å². The van der Waals surface area contributed by atoms with E-state index in [-0.39, 0.29) is 0 Å². The van der Waals surface area contributed by atoms with Gasteiger partial charge in [0.2, 0.25) is 0 Å². The smallest absolute Gasteiger partial charge is 0.407 e. The van der Waals surface area contributed by atoms with E-state index in [1.807, 2.05) is 32.9 Å². The molecule has 0 atom stereocenters. The standard InChI is InChI=1S/C22H28N2O3/c1-22(2,3)27-21(25)23-16-17-5-4-6-19(15-17)18-7-9-20(10-8-18)24-11-13-26-14-12-24/h4-10,15H,11-14,16H2,1-3H3,(H,23,25). The molecule has 5 heteroatoms. The summed E-state index contributed by atoms with van der Waals surface area (Å²) in [6.45, 7) is 9.45. The van der Waals surface area contributed by atoms with Crippen LogP contribution in [0.3, 0.4) is 0 Å². The van der Waals surface area contributed by atoms with Gasteiger partial charge in [-0.2, -0.15) is 0 Å². The van der Waals surface area contributed by atoms with Gasteiger partial charge in [0.1, 0.15) is 5.60 Å². The van der Waals surface area contributed by atoms with Gasteiger partial charge in [0.05, 0.1) is 13.2 Å². The van der Waals surface area contributed by atoms with E-state index in [1.165, 1.54) is 5.69 Å². The molecular weight excluding hydrogens is 340 g/mol. The second-order valence-corrected chi connectivity index (χ2v) is 7.70. The molecule has 0 bridgehead atoms. The highest BCUT2D eigenvalue weighted by Gasteiger charge is 2.15. The lowest BCUT2D eigenvalue weighted by Gasteiger charge is -2.28. The van der Waals surface area contributed by atoms with Crippen LogP contribution in [0.1, 0.15) is 26.3 Å². The third-order valence-corrected chi connectivity index (χ3v) is 4.34. The number of nitrogens with zero attached hydrogens (tertiary/aromatic N) is 1. The summed E-state index contributed by atoms with van der Waals surface area (Å²) in [6.07, 6.45) is -0.400. The van der Waals surface area contributed by atoms with Gasteiger partial charge in [-0.15, -0.1) is 0 Å². The average molecular weight is 368 g/mol. The Morgan fingerprint density at radius 2 is 1.78 bits per heavy atom. The first-order valence-corrected chi connectivity index (χ1v) is 9.40. The third kappa shape index (κ3) is 5.73. The fourth-order valence-electron chi connectivity index (χ4n) is 3.04. The van der Waals surface area contributed by atoms with Crippen LogP contribution >= 0.6 is 0 Å². The molecule has 1 aliphatic heterocycles. The van der Waals surface area contributed by atoms with Gasteiger partial charge in [-0.1, -0.05) is 30.3 Å². The molecule has 3 rings (SSSR count). The van der Waals surface area contributed by atoms with Crippen LogP contribution in [0.25, 0.3) is 11.1 Å². The highest BCUT2D eigenvalue weighted by Crippen LogP contribution is 2.24. The summed E-state index contributed by atoms with van der Waals surface area (Å²) < 4.78 is 10.7. The van der Waals surface area contributed by atoms with E-state index >= 15 is 0 Å². The Morgan fingerprint density at radius 3 is 2.44 bits per heavy atom.